The van der Waals surface area contributed by atoms with Gasteiger partial charge in [0.2, 0.25) is 0 Å². The van der Waals surface area contributed by atoms with E-state index in [0.29, 0.717) is 0 Å². The molecular formula is C48H42N2O6. The normalized spacial score (nSPS) is 18.5. The van der Waals surface area contributed by atoms with Crippen LogP contribution in [0.3, 0.4) is 0 Å². The van der Waals surface area contributed by atoms with E-state index in [0.717, 1.165) is 37.9 Å². The van der Waals surface area contributed by atoms with E-state index in [1.165, 1.54) is 23.9 Å². The molecule has 4 atom stereocenters. The standard InChI is InChI=1S/C48H42N2O6/c1-49-42(51)32-33-50(46(49)53)45-44(56-48(38-26-14-5-15-27-38,39-28-16-6-17-29-39)40-30-18-7-19-31-40)43(52)41(55-45)34-54-47(35-20-8-2-9-21-35,36-22-10-3-11-23-36)37-24-12-4-13-25-37/h2-33,41,43-45,52H,34H2,1H3/t41-,43-,44-,45-/m1/s1. The van der Waals surface area contributed by atoms with Crippen LogP contribution >= 0.6 is 0 Å². The molecule has 1 aromatic heterocycles. The Kier molecular flexibility index (Phi) is 10.4. The van der Waals surface area contributed by atoms with Crippen molar-refractivity contribution < 1.29 is 19.3 Å². The van der Waals surface area contributed by atoms with E-state index in [4.69, 9.17) is 14.2 Å². The summed E-state index contributed by atoms with van der Waals surface area (Å²) >= 11 is 0. The molecule has 1 aliphatic rings. The molecule has 6 aromatic carbocycles. The number of nitrogens with zero attached hydrogens (tertiary/aromatic N) is 2. The first kappa shape index (κ1) is 36.8. The zero-order valence-electron chi connectivity index (χ0n) is 30.9. The smallest absolute Gasteiger partial charge is 0.332 e. The quantitative estimate of drug-likeness (QED) is 0.133. The Balaban J connectivity index is 1.27. The van der Waals surface area contributed by atoms with Crippen LogP contribution in [0.15, 0.2) is 204 Å². The molecule has 56 heavy (non-hydrogen) atoms. The van der Waals surface area contributed by atoms with Crippen LogP contribution in [0.4, 0.5) is 0 Å². The fourth-order valence-corrected chi connectivity index (χ4v) is 7.89. The van der Waals surface area contributed by atoms with Crippen molar-refractivity contribution in [1.29, 1.82) is 0 Å². The molecular weight excluding hydrogens is 701 g/mol. The predicted octanol–water partition coefficient (Wildman–Crippen LogP) is 7.19. The van der Waals surface area contributed by atoms with Gasteiger partial charge in [-0.2, -0.15) is 0 Å². The maximum absolute atomic E-state index is 13.9. The SMILES string of the molecule is Cn1c(=O)ccn([C@@H]2O[C@H](COC(c3ccccc3)(c3ccccc3)c3ccccc3)[C@@H](O)[C@H]2OC(c2ccccc2)(c2ccccc2)c2ccccc2)c1=O. The van der Waals surface area contributed by atoms with Crippen LogP contribution in [-0.2, 0) is 32.5 Å². The molecule has 1 aliphatic heterocycles. The van der Waals surface area contributed by atoms with Gasteiger partial charge in [-0.15, -0.1) is 0 Å². The third-order valence-electron chi connectivity index (χ3n) is 10.7. The van der Waals surface area contributed by atoms with Crippen LogP contribution in [0.5, 0.6) is 0 Å². The van der Waals surface area contributed by atoms with Crippen LogP contribution in [0, 0.1) is 0 Å². The lowest BCUT2D eigenvalue weighted by atomic mass is 9.79. The highest BCUT2D eigenvalue weighted by Crippen LogP contribution is 2.46. The van der Waals surface area contributed by atoms with Crippen molar-refractivity contribution in [3.05, 3.63) is 248 Å². The molecule has 0 amide bonds. The van der Waals surface area contributed by atoms with E-state index in [-0.39, 0.29) is 6.61 Å². The van der Waals surface area contributed by atoms with Crippen molar-refractivity contribution in [2.75, 3.05) is 6.61 Å². The monoisotopic (exact) mass is 742 g/mol. The Morgan fingerprint density at radius 1 is 0.554 bits per heavy atom. The highest BCUT2D eigenvalue weighted by atomic mass is 16.6. The average molecular weight is 743 g/mol. The van der Waals surface area contributed by atoms with Crippen LogP contribution in [0.2, 0.25) is 0 Å². The summed E-state index contributed by atoms with van der Waals surface area (Å²) in [5, 5.41) is 12.6. The van der Waals surface area contributed by atoms with Gasteiger partial charge in [-0.25, -0.2) is 4.79 Å². The maximum atomic E-state index is 13.9. The van der Waals surface area contributed by atoms with E-state index in [2.05, 4.69) is 0 Å². The number of aromatic nitrogens is 2. The first-order chi connectivity index (χ1) is 27.4. The summed E-state index contributed by atoms with van der Waals surface area (Å²) in [6.07, 6.45) is -3.18. The molecule has 280 valence electrons. The summed E-state index contributed by atoms with van der Waals surface area (Å²) in [6, 6.07) is 60.6. The zero-order valence-corrected chi connectivity index (χ0v) is 30.9. The van der Waals surface area contributed by atoms with Gasteiger partial charge in [0, 0.05) is 19.3 Å². The third-order valence-corrected chi connectivity index (χ3v) is 10.7. The average Bonchev–Trinajstić information content (AvgIpc) is 3.57. The molecule has 8 nitrogen and oxygen atoms in total. The van der Waals surface area contributed by atoms with Crippen molar-refractivity contribution in [2.45, 2.75) is 35.7 Å². The third kappa shape index (κ3) is 6.63. The number of rotatable bonds is 12. The van der Waals surface area contributed by atoms with Gasteiger partial charge in [0.05, 0.1) is 6.61 Å². The molecule has 1 saturated heterocycles. The number of ether oxygens (including phenoxy) is 3. The van der Waals surface area contributed by atoms with Crippen molar-refractivity contribution in [3.63, 3.8) is 0 Å². The minimum atomic E-state index is -1.31. The van der Waals surface area contributed by atoms with Gasteiger partial charge >= 0.3 is 5.69 Å². The molecule has 0 saturated carbocycles. The molecule has 0 radical (unpaired) electrons. The predicted molar refractivity (Wildman–Crippen MR) is 215 cm³/mol. The van der Waals surface area contributed by atoms with Gasteiger partial charge in [0.15, 0.2) is 6.23 Å². The molecule has 8 heteroatoms. The van der Waals surface area contributed by atoms with Crippen LogP contribution in [-0.4, -0.2) is 39.2 Å². The lowest BCUT2D eigenvalue weighted by Crippen LogP contribution is -2.47. The number of aliphatic hydroxyl groups excluding tert-OH is 1. The van der Waals surface area contributed by atoms with E-state index in [1.54, 1.807) is 0 Å². The maximum Gasteiger partial charge on any atom is 0.332 e. The Morgan fingerprint density at radius 3 is 1.29 bits per heavy atom. The molecule has 0 spiro atoms. The highest BCUT2D eigenvalue weighted by Gasteiger charge is 2.52. The van der Waals surface area contributed by atoms with Crippen LogP contribution in [0.25, 0.3) is 0 Å². The molecule has 0 aliphatic carbocycles. The van der Waals surface area contributed by atoms with Crippen molar-refractivity contribution in [2.24, 2.45) is 7.05 Å². The van der Waals surface area contributed by atoms with Gasteiger partial charge in [-0.1, -0.05) is 182 Å². The number of hydrogen-bond acceptors (Lipinski definition) is 6. The van der Waals surface area contributed by atoms with Gasteiger partial charge in [-0.3, -0.25) is 13.9 Å². The Hall–Kier alpha value is -6.16. The van der Waals surface area contributed by atoms with Crippen molar-refractivity contribution in [1.82, 2.24) is 9.13 Å². The Morgan fingerprint density at radius 2 is 0.911 bits per heavy atom. The highest BCUT2D eigenvalue weighted by molar-refractivity contribution is 5.49. The summed E-state index contributed by atoms with van der Waals surface area (Å²) in [5.74, 6) is 0. The summed E-state index contributed by atoms with van der Waals surface area (Å²) in [6.45, 7) is -0.0915. The summed E-state index contributed by atoms with van der Waals surface area (Å²) in [7, 11) is 1.42. The number of aliphatic hydroxyl groups is 1. The zero-order chi connectivity index (χ0) is 38.5. The Bertz CT molecular complexity index is 2270. The summed E-state index contributed by atoms with van der Waals surface area (Å²) in [5.41, 5.74) is 1.66. The van der Waals surface area contributed by atoms with E-state index >= 15 is 0 Å². The van der Waals surface area contributed by atoms with E-state index in [9.17, 15) is 14.7 Å². The fourth-order valence-electron chi connectivity index (χ4n) is 7.89. The summed E-state index contributed by atoms with van der Waals surface area (Å²) < 4.78 is 23.6. The minimum Gasteiger partial charge on any atom is -0.387 e. The molecule has 1 N–H and O–H groups in total. The molecule has 2 heterocycles. The van der Waals surface area contributed by atoms with Gasteiger partial charge in [-0.05, 0) is 33.4 Å². The second-order valence-corrected chi connectivity index (χ2v) is 13.9. The van der Waals surface area contributed by atoms with E-state index < -0.39 is 47.0 Å². The van der Waals surface area contributed by atoms with Gasteiger partial charge in [0.1, 0.15) is 29.5 Å². The first-order valence-electron chi connectivity index (χ1n) is 18.7. The fraction of sp³-hybridized carbons (Fsp3) is 0.167. The molecule has 8 rings (SSSR count). The minimum absolute atomic E-state index is 0.0915. The lowest BCUT2D eigenvalue weighted by molar-refractivity contribution is -0.125. The topological polar surface area (TPSA) is 91.9 Å². The van der Waals surface area contributed by atoms with E-state index in [1.807, 2.05) is 182 Å². The van der Waals surface area contributed by atoms with Gasteiger partial charge < -0.3 is 19.3 Å². The molecule has 0 unspecified atom stereocenters. The number of benzene rings is 6. The summed E-state index contributed by atoms with van der Waals surface area (Å²) in [4.78, 5) is 26.5. The first-order valence-corrected chi connectivity index (χ1v) is 18.7. The molecule has 0 bridgehead atoms. The number of hydrogen-bond donors (Lipinski definition) is 1. The molecule has 1 fully saturated rings. The van der Waals surface area contributed by atoms with Crippen molar-refractivity contribution in [3.8, 4) is 0 Å². The van der Waals surface area contributed by atoms with Gasteiger partial charge in [0.25, 0.3) is 5.56 Å². The second-order valence-electron chi connectivity index (χ2n) is 13.9. The molecule has 7 aromatic rings. The second kappa shape index (κ2) is 15.9. The van der Waals surface area contributed by atoms with Crippen LogP contribution < -0.4 is 11.2 Å². The lowest BCUT2D eigenvalue weighted by Gasteiger charge is -2.40. The largest absolute Gasteiger partial charge is 0.387 e. The van der Waals surface area contributed by atoms with Crippen LogP contribution in [0.1, 0.15) is 39.6 Å². The Labute approximate surface area is 325 Å². The van der Waals surface area contributed by atoms with Crippen molar-refractivity contribution >= 4 is 0 Å².